The SMILES string of the molecule is CCC(=O)N=C1S[C@@H]2CS(=O)(=O)C[C@@H]2N1[C@@H]1C[C@H]2CC[C@H]1C2. The highest BCUT2D eigenvalue weighted by Gasteiger charge is 2.54. The highest BCUT2D eigenvalue weighted by Crippen LogP contribution is 2.51. The minimum absolute atomic E-state index is 0.0303. The van der Waals surface area contributed by atoms with E-state index in [-0.39, 0.29) is 28.7 Å². The summed E-state index contributed by atoms with van der Waals surface area (Å²) in [6, 6.07) is 0.431. The van der Waals surface area contributed by atoms with Crippen molar-refractivity contribution in [3.63, 3.8) is 0 Å². The van der Waals surface area contributed by atoms with Crippen LogP contribution in [0.3, 0.4) is 0 Å². The van der Waals surface area contributed by atoms with Gasteiger partial charge in [0.15, 0.2) is 15.0 Å². The van der Waals surface area contributed by atoms with Gasteiger partial charge in [-0.3, -0.25) is 4.79 Å². The molecule has 0 radical (unpaired) electrons. The maximum Gasteiger partial charge on any atom is 0.247 e. The molecule has 5 nitrogen and oxygen atoms in total. The van der Waals surface area contributed by atoms with Crippen LogP contribution in [0.15, 0.2) is 4.99 Å². The number of fused-ring (bicyclic) bond motifs is 3. The van der Waals surface area contributed by atoms with Gasteiger partial charge in [-0.1, -0.05) is 25.1 Å². The first-order chi connectivity index (χ1) is 10.5. The third kappa shape index (κ3) is 2.40. The number of sulfone groups is 1. The maximum absolute atomic E-state index is 12.0. The van der Waals surface area contributed by atoms with Crippen LogP contribution in [0.2, 0.25) is 0 Å². The van der Waals surface area contributed by atoms with Crippen molar-refractivity contribution in [3.05, 3.63) is 0 Å². The van der Waals surface area contributed by atoms with E-state index in [1.807, 2.05) is 6.92 Å². The van der Waals surface area contributed by atoms with Gasteiger partial charge in [-0.15, -0.1) is 0 Å². The van der Waals surface area contributed by atoms with E-state index in [4.69, 9.17) is 0 Å². The van der Waals surface area contributed by atoms with Gasteiger partial charge in [0.2, 0.25) is 5.91 Å². The van der Waals surface area contributed by atoms with Crippen LogP contribution in [-0.4, -0.2) is 53.2 Å². The number of nitrogens with zero attached hydrogens (tertiary/aromatic N) is 2. The van der Waals surface area contributed by atoms with E-state index in [0.717, 1.165) is 17.5 Å². The molecule has 7 heteroatoms. The average Bonchev–Trinajstić information content (AvgIpc) is 3.17. The highest BCUT2D eigenvalue weighted by atomic mass is 32.2. The van der Waals surface area contributed by atoms with Crippen LogP contribution in [0.25, 0.3) is 0 Å². The van der Waals surface area contributed by atoms with Crippen molar-refractivity contribution in [2.24, 2.45) is 16.8 Å². The molecule has 2 heterocycles. The molecule has 2 saturated carbocycles. The third-order valence-electron chi connectivity index (χ3n) is 5.69. The van der Waals surface area contributed by atoms with E-state index in [0.29, 0.717) is 18.4 Å². The standard InChI is InChI=1S/C15H22N2O3S2/c1-2-14(18)16-15-17(11-6-9-3-4-10(11)5-9)12-7-22(19,20)8-13(12)21-15/h9-13H,2-8H2,1H3/t9-,10-,11+,12-,13+/m0/s1. The fraction of sp³-hybridized carbons (Fsp3) is 0.867. The van der Waals surface area contributed by atoms with Crippen molar-refractivity contribution in [2.75, 3.05) is 11.5 Å². The van der Waals surface area contributed by atoms with E-state index < -0.39 is 9.84 Å². The number of carbonyl (C=O) groups excluding carboxylic acids is 1. The fourth-order valence-electron chi connectivity index (χ4n) is 4.72. The second-order valence-corrected chi connectivity index (χ2v) is 10.5. The first-order valence-electron chi connectivity index (χ1n) is 8.24. The second-order valence-electron chi connectivity index (χ2n) is 7.09. The molecule has 122 valence electrons. The molecule has 0 aromatic heterocycles. The smallest absolute Gasteiger partial charge is 0.247 e. The normalized spacial score (nSPS) is 44.0. The molecule has 22 heavy (non-hydrogen) atoms. The van der Waals surface area contributed by atoms with E-state index in [1.165, 1.54) is 31.0 Å². The Kier molecular flexibility index (Phi) is 3.56. The minimum Gasteiger partial charge on any atom is -0.343 e. The summed E-state index contributed by atoms with van der Waals surface area (Å²) >= 11 is 1.53. The van der Waals surface area contributed by atoms with Gasteiger partial charge in [0, 0.05) is 17.7 Å². The summed E-state index contributed by atoms with van der Waals surface area (Å²) in [7, 11) is -2.94. The van der Waals surface area contributed by atoms with Gasteiger partial charge >= 0.3 is 0 Å². The Bertz CT molecular complexity index is 631. The van der Waals surface area contributed by atoms with Gasteiger partial charge in [0.1, 0.15) is 0 Å². The quantitative estimate of drug-likeness (QED) is 0.764. The van der Waals surface area contributed by atoms with Crippen molar-refractivity contribution >= 4 is 32.7 Å². The van der Waals surface area contributed by atoms with Crippen molar-refractivity contribution in [2.45, 2.75) is 56.4 Å². The average molecular weight is 342 g/mol. The van der Waals surface area contributed by atoms with E-state index in [2.05, 4.69) is 9.89 Å². The number of amides is 1. The van der Waals surface area contributed by atoms with Crippen LogP contribution in [-0.2, 0) is 14.6 Å². The fourth-order valence-corrected chi connectivity index (χ4v) is 8.71. The summed E-state index contributed by atoms with van der Waals surface area (Å²) in [6.07, 6.45) is 5.38. The molecule has 2 aliphatic carbocycles. The number of rotatable bonds is 2. The lowest BCUT2D eigenvalue weighted by atomic mass is 9.93. The largest absolute Gasteiger partial charge is 0.343 e. The summed E-state index contributed by atoms with van der Waals surface area (Å²) in [4.78, 5) is 18.3. The third-order valence-corrected chi connectivity index (χ3v) is 8.91. The van der Waals surface area contributed by atoms with Crippen LogP contribution in [0.1, 0.15) is 39.0 Å². The Morgan fingerprint density at radius 1 is 1.27 bits per heavy atom. The predicted molar refractivity (Wildman–Crippen MR) is 87.6 cm³/mol. The summed E-state index contributed by atoms with van der Waals surface area (Å²) in [6.45, 7) is 1.82. The van der Waals surface area contributed by atoms with Gasteiger partial charge in [-0.2, -0.15) is 4.99 Å². The summed E-state index contributed by atoms with van der Waals surface area (Å²) < 4.78 is 24.0. The topological polar surface area (TPSA) is 66.8 Å². The number of hydrogen-bond acceptors (Lipinski definition) is 4. The van der Waals surface area contributed by atoms with Crippen LogP contribution in [0.5, 0.6) is 0 Å². The van der Waals surface area contributed by atoms with Gasteiger partial charge in [-0.25, -0.2) is 8.42 Å². The predicted octanol–water partition coefficient (Wildman–Crippen LogP) is 1.68. The van der Waals surface area contributed by atoms with E-state index in [1.54, 1.807) is 0 Å². The molecular weight excluding hydrogens is 320 g/mol. The van der Waals surface area contributed by atoms with Crippen LogP contribution in [0, 0.1) is 11.8 Å². The molecule has 0 spiro atoms. The highest BCUT2D eigenvalue weighted by molar-refractivity contribution is 8.15. The summed E-state index contributed by atoms with van der Waals surface area (Å²) in [5.41, 5.74) is 0. The van der Waals surface area contributed by atoms with Crippen LogP contribution in [0.4, 0.5) is 0 Å². The summed E-state index contributed by atoms with van der Waals surface area (Å²) in [5.74, 6) is 1.82. The molecule has 2 bridgehead atoms. The number of hydrogen-bond donors (Lipinski definition) is 0. The maximum atomic E-state index is 12.0. The molecule has 0 unspecified atom stereocenters. The zero-order valence-corrected chi connectivity index (χ0v) is 14.4. The Morgan fingerprint density at radius 3 is 2.73 bits per heavy atom. The van der Waals surface area contributed by atoms with Crippen molar-refractivity contribution in [1.29, 1.82) is 0 Å². The number of thioether (sulfide) groups is 1. The first kappa shape index (κ1) is 15.0. The molecule has 0 N–H and O–H groups in total. The van der Waals surface area contributed by atoms with Gasteiger partial charge in [0.05, 0.1) is 17.5 Å². The monoisotopic (exact) mass is 342 g/mol. The van der Waals surface area contributed by atoms with Crippen LogP contribution >= 0.6 is 11.8 Å². The summed E-state index contributed by atoms with van der Waals surface area (Å²) in [5, 5.41) is 0.863. The molecule has 5 atom stereocenters. The van der Waals surface area contributed by atoms with Crippen LogP contribution < -0.4 is 0 Å². The Morgan fingerprint density at radius 2 is 2.09 bits per heavy atom. The molecule has 2 aliphatic heterocycles. The van der Waals surface area contributed by atoms with Crippen molar-refractivity contribution in [3.8, 4) is 0 Å². The van der Waals surface area contributed by atoms with Crippen molar-refractivity contribution < 1.29 is 13.2 Å². The molecule has 2 saturated heterocycles. The molecule has 4 aliphatic rings. The first-order valence-corrected chi connectivity index (χ1v) is 10.9. The Hall–Kier alpha value is -0.560. The second kappa shape index (κ2) is 5.23. The van der Waals surface area contributed by atoms with Crippen molar-refractivity contribution in [1.82, 2.24) is 4.90 Å². The zero-order chi connectivity index (χ0) is 15.5. The molecule has 0 aromatic carbocycles. The van der Waals surface area contributed by atoms with Gasteiger partial charge in [-0.05, 0) is 31.1 Å². The minimum atomic E-state index is -2.94. The molecule has 0 aromatic rings. The Labute approximate surface area is 135 Å². The van der Waals surface area contributed by atoms with E-state index >= 15 is 0 Å². The molecule has 4 fully saturated rings. The Balaban J connectivity index is 1.66. The zero-order valence-electron chi connectivity index (χ0n) is 12.8. The number of amidine groups is 1. The molecule has 4 rings (SSSR count). The lowest BCUT2D eigenvalue weighted by molar-refractivity contribution is -0.117. The molecule has 1 amide bonds. The van der Waals surface area contributed by atoms with Gasteiger partial charge < -0.3 is 4.90 Å². The number of carbonyl (C=O) groups is 1. The molecular formula is C15H22N2O3S2. The lowest BCUT2D eigenvalue weighted by Crippen LogP contribution is -2.47. The van der Waals surface area contributed by atoms with E-state index in [9.17, 15) is 13.2 Å². The number of aliphatic imine (C=N–C) groups is 1. The lowest BCUT2D eigenvalue weighted by Gasteiger charge is -2.36. The van der Waals surface area contributed by atoms with Gasteiger partial charge in [0.25, 0.3) is 0 Å².